The van der Waals surface area contributed by atoms with Crippen molar-refractivity contribution >= 4 is 11.8 Å². The predicted octanol–water partition coefficient (Wildman–Crippen LogP) is 3.32. The number of hydrogen-bond donors (Lipinski definition) is 1. The van der Waals surface area contributed by atoms with Crippen LogP contribution in [0.4, 0.5) is 11.8 Å². The lowest BCUT2D eigenvalue weighted by atomic mass is 9.91. The van der Waals surface area contributed by atoms with Gasteiger partial charge in [-0.2, -0.15) is 15.3 Å². The summed E-state index contributed by atoms with van der Waals surface area (Å²) in [5.74, 6) is 1.27. The van der Waals surface area contributed by atoms with Gasteiger partial charge in [-0.15, -0.1) is 0 Å². The Morgan fingerprint density at radius 1 is 0.900 bits per heavy atom. The van der Waals surface area contributed by atoms with E-state index in [9.17, 15) is 0 Å². The molecule has 204 valence electrons. The highest BCUT2D eigenvalue weighted by Gasteiger charge is 2.27. The van der Waals surface area contributed by atoms with Crippen molar-refractivity contribution in [3.8, 4) is 33.6 Å². The number of ether oxygens (including phenoxy) is 1. The zero-order chi connectivity index (χ0) is 27.1. The fourth-order valence-corrected chi connectivity index (χ4v) is 5.58. The summed E-state index contributed by atoms with van der Waals surface area (Å²) >= 11 is 0. The van der Waals surface area contributed by atoms with Crippen molar-refractivity contribution in [2.24, 2.45) is 14.1 Å². The van der Waals surface area contributed by atoms with Crippen LogP contribution in [0.25, 0.3) is 33.6 Å². The average Bonchev–Trinajstić information content (AvgIpc) is 3.71. The zero-order valence-electron chi connectivity index (χ0n) is 22.8. The van der Waals surface area contributed by atoms with E-state index >= 15 is 0 Å². The second kappa shape index (κ2) is 10.3. The number of benzene rings is 1. The van der Waals surface area contributed by atoms with Crippen molar-refractivity contribution in [3.63, 3.8) is 0 Å². The number of aryl methyl sites for hydroxylation is 4. The third-order valence-electron chi connectivity index (χ3n) is 7.68. The maximum atomic E-state index is 5.44. The van der Waals surface area contributed by atoms with Crippen LogP contribution in [0, 0.1) is 0 Å². The van der Waals surface area contributed by atoms with E-state index in [0.29, 0.717) is 5.95 Å². The van der Waals surface area contributed by atoms with Crippen LogP contribution in [0.3, 0.4) is 0 Å². The van der Waals surface area contributed by atoms with Gasteiger partial charge < -0.3 is 10.1 Å². The molecule has 1 aromatic carbocycles. The molecule has 0 unspecified atom stereocenters. The number of morpholine rings is 1. The Morgan fingerprint density at radius 3 is 2.52 bits per heavy atom. The summed E-state index contributed by atoms with van der Waals surface area (Å²) in [6.07, 6.45) is 9.58. The Morgan fingerprint density at radius 2 is 1.73 bits per heavy atom. The molecule has 11 nitrogen and oxygen atoms in total. The van der Waals surface area contributed by atoms with E-state index < -0.39 is 0 Å². The first-order valence-corrected chi connectivity index (χ1v) is 13.7. The Labute approximate surface area is 232 Å². The first-order valence-electron chi connectivity index (χ1n) is 13.7. The first-order chi connectivity index (χ1) is 19.6. The van der Waals surface area contributed by atoms with Gasteiger partial charge in [0.1, 0.15) is 0 Å². The van der Waals surface area contributed by atoms with Crippen molar-refractivity contribution in [1.82, 2.24) is 44.2 Å². The van der Waals surface area contributed by atoms with Crippen LogP contribution in [0.15, 0.2) is 55.1 Å². The number of nitrogens with one attached hydrogen (secondary N) is 1. The Balaban J connectivity index is 1.14. The second-order valence-corrected chi connectivity index (χ2v) is 10.4. The van der Waals surface area contributed by atoms with E-state index in [2.05, 4.69) is 44.6 Å². The van der Waals surface area contributed by atoms with Crippen LogP contribution in [0.5, 0.6) is 0 Å². The molecule has 2 aliphatic rings. The molecule has 0 radical (unpaired) electrons. The summed E-state index contributed by atoms with van der Waals surface area (Å²) in [4.78, 5) is 12.0. The van der Waals surface area contributed by atoms with Crippen molar-refractivity contribution < 1.29 is 4.74 Å². The minimum absolute atomic E-state index is 0.534. The summed E-state index contributed by atoms with van der Waals surface area (Å²) < 4.78 is 11.2. The van der Waals surface area contributed by atoms with Gasteiger partial charge in [0.2, 0.25) is 5.95 Å². The van der Waals surface area contributed by atoms with Crippen LogP contribution in [-0.4, -0.2) is 77.1 Å². The Bertz CT molecular complexity index is 1640. The minimum Gasteiger partial charge on any atom is -0.379 e. The molecule has 0 amide bonds. The lowest BCUT2D eigenvalue weighted by Crippen LogP contribution is -2.38. The van der Waals surface area contributed by atoms with Crippen molar-refractivity contribution in [3.05, 3.63) is 66.4 Å². The van der Waals surface area contributed by atoms with Gasteiger partial charge in [0, 0.05) is 75.1 Å². The number of nitrogens with zero attached hydrogens (tertiary/aromatic N) is 9. The van der Waals surface area contributed by atoms with Crippen LogP contribution >= 0.6 is 0 Å². The highest BCUT2D eigenvalue weighted by Crippen LogP contribution is 2.40. The fraction of sp³-hybridized carbons (Fsp3) is 0.345. The van der Waals surface area contributed by atoms with Crippen LogP contribution in [0.1, 0.15) is 11.3 Å². The van der Waals surface area contributed by atoms with Gasteiger partial charge in [0.05, 0.1) is 43.0 Å². The van der Waals surface area contributed by atoms with E-state index in [1.54, 1.807) is 0 Å². The monoisotopic (exact) mass is 536 g/mol. The van der Waals surface area contributed by atoms with E-state index in [1.807, 2.05) is 59.0 Å². The molecule has 0 spiro atoms. The predicted molar refractivity (Wildman–Crippen MR) is 152 cm³/mol. The normalized spacial score (nSPS) is 15.2. The van der Waals surface area contributed by atoms with Gasteiger partial charge in [0.25, 0.3) is 0 Å². The maximum Gasteiger partial charge on any atom is 0.228 e. The number of rotatable bonds is 7. The fourth-order valence-electron chi connectivity index (χ4n) is 5.58. The molecule has 1 aliphatic carbocycles. The smallest absolute Gasteiger partial charge is 0.228 e. The average molecular weight is 537 g/mol. The molecule has 5 aromatic rings. The number of fused-ring (bicyclic) bond motifs is 3. The summed E-state index contributed by atoms with van der Waals surface area (Å²) in [6, 6.07) is 10.5. The third-order valence-corrected chi connectivity index (χ3v) is 7.68. The third kappa shape index (κ3) is 4.78. The van der Waals surface area contributed by atoms with Gasteiger partial charge in [0.15, 0.2) is 5.82 Å². The number of anilines is 2. The lowest BCUT2D eigenvalue weighted by molar-refractivity contribution is 0.0360. The Hall–Kier alpha value is -4.35. The summed E-state index contributed by atoms with van der Waals surface area (Å²) in [6.45, 7) is 5.34. The molecule has 1 N–H and O–H groups in total. The zero-order valence-corrected chi connectivity index (χ0v) is 22.8. The van der Waals surface area contributed by atoms with E-state index in [-0.39, 0.29) is 0 Å². The topological polar surface area (TPSA) is 104 Å². The van der Waals surface area contributed by atoms with Crippen molar-refractivity contribution in [1.29, 1.82) is 0 Å². The number of aromatic nitrogens is 8. The number of hydrogen-bond acceptors (Lipinski definition) is 8. The molecule has 0 atom stereocenters. The largest absolute Gasteiger partial charge is 0.379 e. The quantitative estimate of drug-likeness (QED) is 0.338. The SMILES string of the molecule is Cn1cc(-c2ccc(-c3c4c(nn3C)CCc3cnc(Nc5ccn(CCN6CCOCC6)n5)nc3-4)cc2)cn1. The molecule has 1 saturated heterocycles. The lowest BCUT2D eigenvalue weighted by Gasteiger charge is -2.26. The van der Waals surface area contributed by atoms with Crippen LogP contribution < -0.4 is 5.32 Å². The van der Waals surface area contributed by atoms with Crippen molar-refractivity contribution in [2.75, 3.05) is 38.2 Å². The van der Waals surface area contributed by atoms with Gasteiger partial charge in [-0.1, -0.05) is 24.3 Å². The molecular weight excluding hydrogens is 504 g/mol. The molecule has 4 aromatic heterocycles. The van der Waals surface area contributed by atoms with Crippen LogP contribution in [-0.2, 0) is 38.2 Å². The first kappa shape index (κ1) is 24.7. The van der Waals surface area contributed by atoms with E-state index in [0.717, 1.165) is 103 Å². The molecule has 40 heavy (non-hydrogen) atoms. The maximum absolute atomic E-state index is 5.44. The summed E-state index contributed by atoms with van der Waals surface area (Å²) in [5, 5.41) is 17.2. The van der Waals surface area contributed by atoms with Gasteiger partial charge in [-0.25, -0.2) is 9.97 Å². The van der Waals surface area contributed by atoms with Crippen LogP contribution in [0.2, 0.25) is 0 Å². The molecular formula is C29H32N10O. The second-order valence-electron chi connectivity index (χ2n) is 10.4. The van der Waals surface area contributed by atoms with Gasteiger partial charge in [-0.05, 0) is 24.0 Å². The summed E-state index contributed by atoms with van der Waals surface area (Å²) in [7, 11) is 3.94. The Kier molecular flexibility index (Phi) is 6.37. The highest BCUT2D eigenvalue weighted by atomic mass is 16.5. The molecule has 1 aliphatic heterocycles. The summed E-state index contributed by atoms with van der Waals surface area (Å²) in [5.41, 5.74) is 8.61. The van der Waals surface area contributed by atoms with Crippen molar-refractivity contribution in [2.45, 2.75) is 19.4 Å². The molecule has 0 saturated carbocycles. The highest BCUT2D eigenvalue weighted by molar-refractivity contribution is 5.85. The minimum atomic E-state index is 0.534. The standard InChI is InChI=1S/C29H32N10O/c1-36-19-23(18-31-36)20-3-5-21(6-4-20)28-26-24(34-37(28)2)8-7-22-17-30-29(33-27(22)26)32-25-9-10-39(35-25)12-11-38-13-15-40-16-14-38/h3-6,9-10,17-19H,7-8,11-16H2,1-2H3,(H,30,32,33,35). The molecule has 5 heterocycles. The van der Waals surface area contributed by atoms with E-state index in [1.165, 1.54) is 0 Å². The van der Waals surface area contributed by atoms with E-state index in [4.69, 9.17) is 19.9 Å². The van der Waals surface area contributed by atoms with Gasteiger partial charge in [-0.3, -0.25) is 18.9 Å². The van der Waals surface area contributed by atoms with Gasteiger partial charge >= 0.3 is 0 Å². The molecule has 1 fully saturated rings. The molecule has 11 heteroatoms. The molecule has 0 bridgehead atoms. The molecule has 7 rings (SSSR count).